The summed E-state index contributed by atoms with van der Waals surface area (Å²) in [4.78, 5) is 29.9. The fourth-order valence-corrected chi connectivity index (χ4v) is 4.28. The molecule has 2 aliphatic carbocycles. The van der Waals surface area contributed by atoms with E-state index in [1.54, 1.807) is 0 Å². The Labute approximate surface area is 175 Å². The molecule has 0 radical (unpaired) electrons. The maximum Gasteiger partial charge on any atom is 0.168 e. The van der Waals surface area contributed by atoms with Crippen molar-refractivity contribution in [2.75, 3.05) is 0 Å². The van der Waals surface area contributed by atoms with E-state index in [0.717, 1.165) is 0 Å². The molecule has 0 saturated carbocycles. The number of nitrogens with zero attached hydrogens (tertiary/aromatic N) is 2. The third-order valence-corrected chi connectivity index (χ3v) is 5.68. The summed E-state index contributed by atoms with van der Waals surface area (Å²) in [6.07, 6.45) is 3.46. The number of ketones is 2. The van der Waals surface area contributed by atoms with Crippen LogP contribution in [0.1, 0.15) is 67.8 Å². The first-order valence-electron chi connectivity index (χ1n) is 10.4. The molecular formula is C24H26N2O4. The molecule has 156 valence electrons. The van der Waals surface area contributed by atoms with Gasteiger partial charge in [-0.25, -0.2) is 0 Å². The Morgan fingerprint density at radius 1 is 1.13 bits per heavy atom. The quantitative estimate of drug-likeness (QED) is 0.697. The van der Waals surface area contributed by atoms with Crippen LogP contribution in [-0.2, 0) is 17.6 Å². The van der Waals surface area contributed by atoms with Crippen LogP contribution in [0.5, 0.6) is 0 Å². The number of aromatic nitrogens is 1. The summed E-state index contributed by atoms with van der Waals surface area (Å²) in [6, 6.07) is 9.36. The summed E-state index contributed by atoms with van der Waals surface area (Å²) in [5.74, 6) is 0.702. The van der Waals surface area contributed by atoms with Gasteiger partial charge in [-0.2, -0.15) is 0 Å². The normalized spacial score (nSPS) is 19.2. The Balaban J connectivity index is 1.65. The van der Waals surface area contributed by atoms with Crippen molar-refractivity contribution in [1.29, 1.82) is 0 Å². The molecule has 2 aliphatic rings. The van der Waals surface area contributed by atoms with Crippen LogP contribution in [-0.4, -0.2) is 27.5 Å². The fourth-order valence-electron chi connectivity index (χ4n) is 4.28. The third kappa shape index (κ3) is 4.13. The number of carbonyl (C=O) groups excluding carboxylic acids is 2. The average Bonchev–Trinajstić information content (AvgIpc) is 3.08. The highest BCUT2D eigenvalue weighted by atomic mass is 16.5. The zero-order valence-corrected chi connectivity index (χ0v) is 17.4. The molecule has 0 atom stereocenters. The Hall–Kier alpha value is -3.02. The smallest absolute Gasteiger partial charge is 0.168 e. The number of hydrogen-bond donors (Lipinski definition) is 1. The topological polar surface area (TPSA) is 92.8 Å². The minimum atomic E-state index is -0.133. The van der Waals surface area contributed by atoms with Crippen LogP contribution in [0.4, 0.5) is 5.69 Å². The first-order chi connectivity index (χ1) is 14.3. The largest absolute Gasteiger partial charge is 0.511 e. The number of allylic oxidation sites excluding steroid dienone is 2. The van der Waals surface area contributed by atoms with Gasteiger partial charge in [0.25, 0.3) is 0 Å². The maximum absolute atomic E-state index is 12.7. The number of aliphatic hydroxyl groups excluding tert-OH is 1. The minimum absolute atomic E-state index is 0.0508. The second kappa shape index (κ2) is 8.01. The number of fused-ring (bicyclic) bond motifs is 1. The lowest BCUT2D eigenvalue weighted by Crippen LogP contribution is -2.26. The molecule has 0 fully saturated rings. The van der Waals surface area contributed by atoms with Crippen molar-refractivity contribution in [3.8, 4) is 0 Å². The van der Waals surface area contributed by atoms with Gasteiger partial charge in [-0.15, -0.1) is 0 Å². The van der Waals surface area contributed by atoms with Crippen LogP contribution >= 0.6 is 0 Å². The van der Waals surface area contributed by atoms with E-state index < -0.39 is 0 Å². The number of benzene rings is 1. The lowest BCUT2D eigenvalue weighted by Gasteiger charge is -2.26. The van der Waals surface area contributed by atoms with Gasteiger partial charge in [0, 0.05) is 25.7 Å². The van der Waals surface area contributed by atoms with E-state index in [0.29, 0.717) is 78.9 Å². The molecule has 0 bridgehead atoms. The van der Waals surface area contributed by atoms with Gasteiger partial charge in [-0.3, -0.25) is 14.6 Å². The van der Waals surface area contributed by atoms with Crippen LogP contribution in [0.2, 0.25) is 0 Å². The molecule has 6 nitrogen and oxygen atoms in total. The molecular weight excluding hydrogens is 380 g/mol. The highest BCUT2D eigenvalue weighted by Crippen LogP contribution is 2.36. The molecule has 6 heteroatoms. The van der Waals surface area contributed by atoms with Crippen molar-refractivity contribution >= 4 is 23.0 Å². The maximum atomic E-state index is 12.7. The van der Waals surface area contributed by atoms with Crippen LogP contribution in [0, 0.1) is 5.41 Å². The van der Waals surface area contributed by atoms with Crippen LogP contribution < -0.4 is 0 Å². The van der Waals surface area contributed by atoms with Crippen molar-refractivity contribution in [2.24, 2.45) is 10.4 Å². The van der Waals surface area contributed by atoms with Crippen molar-refractivity contribution < 1.29 is 19.2 Å². The number of aryl methyl sites for hydroxylation is 1. The zero-order chi connectivity index (χ0) is 21.3. The monoisotopic (exact) mass is 406 g/mol. The molecule has 30 heavy (non-hydrogen) atoms. The molecule has 1 aromatic carbocycles. The number of aliphatic hydroxyl groups is 1. The van der Waals surface area contributed by atoms with E-state index in [1.165, 1.54) is 0 Å². The van der Waals surface area contributed by atoms with E-state index in [9.17, 15) is 14.7 Å². The first kappa shape index (κ1) is 20.3. The zero-order valence-electron chi connectivity index (χ0n) is 17.4. The van der Waals surface area contributed by atoms with Gasteiger partial charge in [0.1, 0.15) is 11.5 Å². The summed E-state index contributed by atoms with van der Waals surface area (Å²) >= 11 is 0. The standard InChI is InChI=1S/C24H26N2O4/c1-24(2)13-20(29)23-17(26-30-21(23)14-24)12-11-16(25-15-7-4-3-5-8-15)22-18(27)9-6-10-19(22)28/h3-5,7-8,27H,6,9-14H2,1-2H3. The van der Waals surface area contributed by atoms with Crippen LogP contribution in [0.15, 0.2) is 51.2 Å². The molecule has 0 aliphatic heterocycles. The summed E-state index contributed by atoms with van der Waals surface area (Å²) in [5.41, 5.74) is 2.62. The second-order valence-corrected chi connectivity index (χ2v) is 8.86. The van der Waals surface area contributed by atoms with E-state index in [2.05, 4.69) is 10.1 Å². The van der Waals surface area contributed by atoms with Gasteiger partial charge in [0.05, 0.1) is 28.2 Å². The van der Waals surface area contributed by atoms with Crippen molar-refractivity contribution in [3.05, 3.63) is 58.7 Å². The Bertz CT molecular complexity index is 1040. The average molecular weight is 406 g/mol. The predicted molar refractivity (Wildman–Crippen MR) is 113 cm³/mol. The molecule has 1 aromatic heterocycles. The molecule has 0 amide bonds. The number of hydrogen-bond acceptors (Lipinski definition) is 6. The van der Waals surface area contributed by atoms with E-state index >= 15 is 0 Å². The molecule has 1 N–H and O–H groups in total. The fraction of sp³-hybridized carbons (Fsp3) is 0.417. The number of para-hydroxylation sites is 1. The van der Waals surface area contributed by atoms with Crippen molar-refractivity contribution in [3.63, 3.8) is 0 Å². The third-order valence-electron chi connectivity index (χ3n) is 5.68. The Kier molecular flexibility index (Phi) is 5.41. The molecule has 1 heterocycles. The minimum Gasteiger partial charge on any atom is -0.511 e. The first-order valence-corrected chi connectivity index (χ1v) is 10.4. The lowest BCUT2D eigenvalue weighted by molar-refractivity contribution is -0.115. The highest BCUT2D eigenvalue weighted by molar-refractivity contribution is 6.23. The summed E-state index contributed by atoms with van der Waals surface area (Å²) in [7, 11) is 0. The van der Waals surface area contributed by atoms with Gasteiger partial charge in [0.15, 0.2) is 11.6 Å². The predicted octanol–water partition coefficient (Wildman–Crippen LogP) is 5.10. The van der Waals surface area contributed by atoms with Crippen LogP contribution in [0.3, 0.4) is 0 Å². The van der Waals surface area contributed by atoms with Gasteiger partial charge >= 0.3 is 0 Å². The summed E-state index contributed by atoms with van der Waals surface area (Å²) in [6.45, 7) is 4.09. The van der Waals surface area contributed by atoms with Crippen LogP contribution in [0.25, 0.3) is 0 Å². The Morgan fingerprint density at radius 2 is 1.90 bits per heavy atom. The molecule has 0 spiro atoms. The number of carbonyl (C=O) groups is 2. The van der Waals surface area contributed by atoms with Gasteiger partial charge in [0.2, 0.25) is 0 Å². The second-order valence-electron chi connectivity index (χ2n) is 8.86. The van der Waals surface area contributed by atoms with Gasteiger partial charge < -0.3 is 9.63 Å². The number of rotatable bonds is 5. The summed E-state index contributed by atoms with van der Waals surface area (Å²) < 4.78 is 5.49. The van der Waals surface area contributed by atoms with Crippen molar-refractivity contribution in [2.45, 2.75) is 58.8 Å². The lowest BCUT2D eigenvalue weighted by atomic mass is 9.76. The molecule has 0 unspecified atom stereocenters. The van der Waals surface area contributed by atoms with Gasteiger partial charge in [-0.05, 0) is 36.8 Å². The van der Waals surface area contributed by atoms with E-state index in [-0.39, 0.29) is 22.7 Å². The number of Topliss-reactive ketones (excluding diaryl/α,β-unsaturated/α-hetero) is 2. The number of aliphatic imine (C=N–C) groups is 1. The molecule has 0 saturated heterocycles. The van der Waals surface area contributed by atoms with Gasteiger partial charge in [-0.1, -0.05) is 37.2 Å². The highest BCUT2D eigenvalue weighted by Gasteiger charge is 2.36. The van der Waals surface area contributed by atoms with E-state index in [4.69, 9.17) is 4.52 Å². The van der Waals surface area contributed by atoms with E-state index in [1.807, 2.05) is 44.2 Å². The van der Waals surface area contributed by atoms with Crippen molar-refractivity contribution in [1.82, 2.24) is 5.16 Å². The summed E-state index contributed by atoms with van der Waals surface area (Å²) in [5, 5.41) is 14.6. The molecule has 4 rings (SSSR count). The SMILES string of the molecule is CC1(C)CC(=O)c2c(CCC(=Nc3ccccc3)C3=C(O)CCCC3=O)noc2C1. The molecule has 2 aromatic rings. The Morgan fingerprint density at radius 3 is 2.63 bits per heavy atom.